The van der Waals surface area contributed by atoms with Gasteiger partial charge in [0.2, 0.25) is 5.91 Å². The maximum absolute atomic E-state index is 9.86. The van der Waals surface area contributed by atoms with Gasteiger partial charge >= 0.3 is 0 Å². The Balaban J connectivity index is 3.67. The van der Waals surface area contributed by atoms with E-state index in [9.17, 15) is 13.2 Å². The van der Waals surface area contributed by atoms with Gasteiger partial charge in [-0.25, -0.2) is 0 Å². The molecule has 6 heteroatoms. The van der Waals surface area contributed by atoms with Crippen molar-refractivity contribution in [3.63, 3.8) is 0 Å². The molecule has 0 spiro atoms. The van der Waals surface area contributed by atoms with Crippen molar-refractivity contribution in [1.82, 2.24) is 5.73 Å². The standard InChI is InChI=1S/C3H6NO4S/c4-3(5)1-2-9(6,7)8/h4H,1-2H2,(H,6,7,8). The lowest BCUT2D eigenvalue weighted by Crippen LogP contribution is -2.09. The van der Waals surface area contributed by atoms with E-state index in [2.05, 4.69) is 0 Å². The summed E-state index contributed by atoms with van der Waals surface area (Å²) in [5, 5.41) is 0. The van der Waals surface area contributed by atoms with E-state index in [4.69, 9.17) is 10.3 Å². The maximum Gasteiger partial charge on any atom is 0.265 e. The van der Waals surface area contributed by atoms with Gasteiger partial charge in [0.25, 0.3) is 10.1 Å². The van der Waals surface area contributed by atoms with Crippen molar-refractivity contribution < 1.29 is 17.8 Å². The van der Waals surface area contributed by atoms with Gasteiger partial charge in [0.15, 0.2) is 0 Å². The monoisotopic (exact) mass is 152 g/mol. The summed E-state index contributed by atoms with van der Waals surface area (Å²) in [4.78, 5) is 9.78. The highest BCUT2D eigenvalue weighted by Crippen LogP contribution is 1.86. The average Bonchev–Trinajstić information content (AvgIpc) is 1.59. The zero-order chi connectivity index (χ0) is 7.49. The molecule has 2 N–H and O–H groups in total. The molecule has 0 fully saturated rings. The molecule has 0 aliphatic heterocycles. The van der Waals surface area contributed by atoms with Crippen molar-refractivity contribution in [2.75, 3.05) is 5.75 Å². The predicted molar refractivity (Wildman–Crippen MR) is 29.1 cm³/mol. The van der Waals surface area contributed by atoms with Crippen LogP contribution in [0.3, 0.4) is 0 Å². The summed E-state index contributed by atoms with van der Waals surface area (Å²) in [5.74, 6) is -1.65. The molecule has 0 aromatic rings. The number of hydrogen-bond donors (Lipinski definition) is 1. The first-order valence-corrected chi connectivity index (χ1v) is 3.72. The van der Waals surface area contributed by atoms with Gasteiger partial charge in [-0.15, -0.1) is 0 Å². The van der Waals surface area contributed by atoms with Crippen LogP contribution in [0, 0.1) is 0 Å². The van der Waals surface area contributed by atoms with Crippen LogP contribution in [0.4, 0.5) is 0 Å². The normalized spacial score (nSPS) is 11.2. The fourth-order valence-electron chi connectivity index (χ4n) is 0.222. The molecule has 0 aliphatic carbocycles. The summed E-state index contributed by atoms with van der Waals surface area (Å²) in [6, 6.07) is 0. The molecule has 1 amide bonds. The highest BCUT2D eigenvalue weighted by molar-refractivity contribution is 7.85. The molecule has 0 bridgehead atoms. The quantitative estimate of drug-likeness (QED) is 0.528. The van der Waals surface area contributed by atoms with Gasteiger partial charge in [-0.1, -0.05) is 0 Å². The molecule has 1 radical (unpaired) electrons. The van der Waals surface area contributed by atoms with E-state index in [0.29, 0.717) is 0 Å². The predicted octanol–water partition coefficient (Wildman–Crippen LogP) is -0.926. The van der Waals surface area contributed by atoms with Crippen LogP contribution in [0.1, 0.15) is 6.42 Å². The van der Waals surface area contributed by atoms with Crippen LogP contribution in [0.15, 0.2) is 0 Å². The Morgan fingerprint density at radius 1 is 1.56 bits per heavy atom. The lowest BCUT2D eigenvalue weighted by Gasteiger charge is -1.89. The van der Waals surface area contributed by atoms with Crippen LogP contribution in [0.5, 0.6) is 0 Å². The average molecular weight is 152 g/mol. The van der Waals surface area contributed by atoms with Crippen molar-refractivity contribution in [2.45, 2.75) is 6.42 Å². The van der Waals surface area contributed by atoms with Gasteiger partial charge in [-0.2, -0.15) is 8.42 Å². The molecule has 53 valence electrons. The first-order chi connectivity index (χ1) is 3.92. The molecule has 0 aliphatic rings. The molecule has 0 aromatic heterocycles. The number of amides is 1. The van der Waals surface area contributed by atoms with E-state index in [1.807, 2.05) is 0 Å². The largest absolute Gasteiger partial charge is 0.286 e. The van der Waals surface area contributed by atoms with E-state index in [1.165, 1.54) is 0 Å². The second-order valence-electron chi connectivity index (χ2n) is 1.46. The third kappa shape index (κ3) is 7.38. The summed E-state index contributed by atoms with van der Waals surface area (Å²) in [7, 11) is -4.06. The summed E-state index contributed by atoms with van der Waals surface area (Å²) in [6.07, 6.45) is -0.446. The minimum absolute atomic E-state index is 0.446. The summed E-state index contributed by atoms with van der Waals surface area (Å²) in [5.41, 5.74) is 6.24. The molecular formula is C3H6NO4S. The maximum atomic E-state index is 9.86. The van der Waals surface area contributed by atoms with Crippen molar-refractivity contribution in [3.05, 3.63) is 0 Å². The van der Waals surface area contributed by atoms with Crippen LogP contribution in [-0.2, 0) is 14.9 Å². The minimum atomic E-state index is -4.06. The SMILES string of the molecule is [NH]C(=O)CCS(=O)(=O)O. The molecule has 0 aromatic carbocycles. The zero-order valence-electron chi connectivity index (χ0n) is 4.49. The third-order valence-corrected chi connectivity index (χ3v) is 1.31. The second-order valence-corrected chi connectivity index (χ2v) is 3.03. The molecule has 0 saturated heterocycles. The van der Waals surface area contributed by atoms with Crippen molar-refractivity contribution >= 4 is 16.0 Å². The first-order valence-electron chi connectivity index (χ1n) is 2.11. The Labute approximate surface area is 52.6 Å². The van der Waals surface area contributed by atoms with Crippen LogP contribution in [-0.4, -0.2) is 24.6 Å². The fraction of sp³-hybridized carbons (Fsp3) is 0.667. The molecule has 0 rings (SSSR count). The lowest BCUT2D eigenvalue weighted by molar-refractivity contribution is -0.118. The highest BCUT2D eigenvalue weighted by Gasteiger charge is 2.05. The van der Waals surface area contributed by atoms with E-state index in [1.54, 1.807) is 0 Å². The van der Waals surface area contributed by atoms with E-state index < -0.39 is 28.2 Å². The van der Waals surface area contributed by atoms with Crippen molar-refractivity contribution in [3.8, 4) is 0 Å². The van der Waals surface area contributed by atoms with E-state index in [-0.39, 0.29) is 0 Å². The lowest BCUT2D eigenvalue weighted by atomic mass is 10.5. The van der Waals surface area contributed by atoms with Crippen molar-refractivity contribution in [2.24, 2.45) is 0 Å². The number of nitrogens with one attached hydrogen (secondary N) is 1. The molecule has 5 nitrogen and oxygen atoms in total. The van der Waals surface area contributed by atoms with Crippen LogP contribution >= 0.6 is 0 Å². The van der Waals surface area contributed by atoms with E-state index >= 15 is 0 Å². The zero-order valence-corrected chi connectivity index (χ0v) is 5.31. The summed E-state index contributed by atoms with van der Waals surface area (Å²) >= 11 is 0. The molecule has 0 heterocycles. The second kappa shape index (κ2) is 2.79. The third-order valence-electron chi connectivity index (χ3n) is 0.587. The van der Waals surface area contributed by atoms with Gasteiger partial charge in [0.05, 0.1) is 5.75 Å². The number of carbonyl (C=O) groups is 1. The number of hydrogen-bond acceptors (Lipinski definition) is 3. The van der Waals surface area contributed by atoms with E-state index in [0.717, 1.165) is 0 Å². The molecule has 0 atom stereocenters. The Morgan fingerprint density at radius 3 is 2.11 bits per heavy atom. The fourth-order valence-corrected chi connectivity index (χ4v) is 0.665. The minimum Gasteiger partial charge on any atom is -0.286 e. The van der Waals surface area contributed by atoms with Gasteiger partial charge in [-0.3, -0.25) is 15.1 Å². The highest BCUT2D eigenvalue weighted by atomic mass is 32.2. The van der Waals surface area contributed by atoms with Gasteiger partial charge in [-0.05, 0) is 0 Å². The smallest absolute Gasteiger partial charge is 0.265 e. The van der Waals surface area contributed by atoms with Gasteiger partial charge in [0.1, 0.15) is 0 Å². The van der Waals surface area contributed by atoms with Crippen LogP contribution in [0.25, 0.3) is 0 Å². The first kappa shape index (κ1) is 8.38. The number of carbonyl (C=O) groups excluding carboxylic acids is 1. The Morgan fingerprint density at radius 2 is 2.00 bits per heavy atom. The molecule has 0 unspecified atom stereocenters. The number of rotatable bonds is 3. The topological polar surface area (TPSA) is 95.2 Å². The summed E-state index contributed by atoms with van der Waals surface area (Å²) < 4.78 is 27.7. The van der Waals surface area contributed by atoms with Gasteiger partial charge in [0, 0.05) is 6.42 Å². The molecule has 9 heavy (non-hydrogen) atoms. The summed E-state index contributed by atoms with van der Waals surface area (Å²) in [6.45, 7) is 0. The molecule has 0 saturated carbocycles. The Hall–Kier alpha value is -0.620. The van der Waals surface area contributed by atoms with Crippen LogP contribution < -0.4 is 5.73 Å². The Kier molecular flexibility index (Phi) is 2.60. The van der Waals surface area contributed by atoms with Gasteiger partial charge < -0.3 is 0 Å². The molecular weight excluding hydrogens is 146 g/mol. The van der Waals surface area contributed by atoms with Crippen LogP contribution in [0.2, 0.25) is 0 Å². The van der Waals surface area contributed by atoms with Crippen molar-refractivity contribution in [1.29, 1.82) is 0 Å². The Bertz CT molecular complexity index is 194.